The van der Waals surface area contributed by atoms with Gasteiger partial charge in [-0.15, -0.1) is 0 Å². The highest BCUT2D eigenvalue weighted by molar-refractivity contribution is 5.95. The molecule has 0 N–H and O–H groups in total. The smallest absolute Gasteiger partial charge is 0.253 e. The summed E-state index contributed by atoms with van der Waals surface area (Å²) in [5.74, 6) is -0.404. The number of methoxy groups -OCH3 is 1. The maximum absolute atomic E-state index is 13.4. The maximum atomic E-state index is 13.4. The molecular formula is C23H25FN2O4. The van der Waals surface area contributed by atoms with Crippen LogP contribution in [0, 0.1) is 11.7 Å². The minimum atomic E-state index is -0.389. The number of benzene rings is 2. The highest BCUT2D eigenvalue weighted by atomic mass is 19.1. The first kappa shape index (κ1) is 20.3. The number of morpholine rings is 1. The molecule has 0 aromatic heterocycles. The van der Waals surface area contributed by atoms with Gasteiger partial charge in [0, 0.05) is 37.7 Å². The molecule has 0 unspecified atom stereocenters. The molecule has 0 aliphatic carbocycles. The van der Waals surface area contributed by atoms with Crippen LogP contribution in [0.4, 0.5) is 4.39 Å². The molecule has 2 fully saturated rings. The van der Waals surface area contributed by atoms with Crippen molar-refractivity contribution >= 4 is 11.8 Å². The molecule has 0 saturated carbocycles. The number of likely N-dealkylation sites (tertiary alicyclic amines) is 1. The van der Waals surface area contributed by atoms with Crippen molar-refractivity contribution in [3.63, 3.8) is 0 Å². The minimum absolute atomic E-state index is 0.0311. The number of carbonyl (C=O) groups is 2. The summed E-state index contributed by atoms with van der Waals surface area (Å²) in [5.41, 5.74) is 1.33. The Morgan fingerprint density at radius 1 is 1.00 bits per heavy atom. The van der Waals surface area contributed by atoms with Crippen LogP contribution in [0.5, 0.6) is 5.75 Å². The summed E-state index contributed by atoms with van der Waals surface area (Å²) in [6, 6.07) is 13.1. The van der Waals surface area contributed by atoms with Gasteiger partial charge in [-0.05, 0) is 35.9 Å². The molecule has 7 heteroatoms. The Kier molecular flexibility index (Phi) is 5.99. The molecule has 6 nitrogen and oxygen atoms in total. The second-order valence-corrected chi connectivity index (χ2v) is 7.61. The number of halogens is 1. The lowest BCUT2D eigenvalue weighted by Gasteiger charge is -2.31. The highest BCUT2D eigenvalue weighted by Gasteiger charge is 2.43. The van der Waals surface area contributed by atoms with Gasteiger partial charge in [0.15, 0.2) is 0 Å². The van der Waals surface area contributed by atoms with Crippen molar-refractivity contribution < 1.29 is 23.5 Å². The number of para-hydroxylation sites is 1. The first-order chi connectivity index (χ1) is 14.6. The fourth-order valence-corrected chi connectivity index (χ4v) is 4.30. The van der Waals surface area contributed by atoms with E-state index in [-0.39, 0.29) is 29.5 Å². The average molecular weight is 412 g/mol. The van der Waals surface area contributed by atoms with Crippen molar-refractivity contribution in [2.45, 2.75) is 5.92 Å². The molecule has 158 valence electrons. The summed E-state index contributed by atoms with van der Waals surface area (Å²) < 4.78 is 24.2. The van der Waals surface area contributed by atoms with Crippen LogP contribution in [0.2, 0.25) is 0 Å². The van der Waals surface area contributed by atoms with Crippen LogP contribution in [0.3, 0.4) is 0 Å². The average Bonchev–Trinajstić information content (AvgIpc) is 3.24. The predicted octanol–water partition coefficient (Wildman–Crippen LogP) is 2.55. The number of ether oxygens (including phenoxy) is 2. The number of rotatable bonds is 4. The molecule has 30 heavy (non-hydrogen) atoms. The Morgan fingerprint density at radius 3 is 2.40 bits per heavy atom. The summed E-state index contributed by atoms with van der Waals surface area (Å²) in [5, 5.41) is 0. The largest absolute Gasteiger partial charge is 0.496 e. The van der Waals surface area contributed by atoms with Crippen LogP contribution < -0.4 is 4.74 Å². The van der Waals surface area contributed by atoms with Gasteiger partial charge in [0.2, 0.25) is 5.91 Å². The molecule has 4 rings (SSSR count). The summed E-state index contributed by atoms with van der Waals surface area (Å²) in [6.45, 7) is 2.87. The first-order valence-corrected chi connectivity index (χ1v) is 10.1. The topological polar surface area (TPSA) is 59.1 Å². The molecule has 2 aromatic carbocycles. The number of hydrogen-bond acceptors (Lipinski definition) is 4. The monoisotopic (exact) mass is 412 g/mol. The molecule has 2 atom stereocenters. The third kappa shape index (κ3) is 4.03. The highest BCUT2D eigenvalue weighted by Crippen LogP contribution is 2.39. The Balaban J connectivity index is 1.63. The SMILES string of the molecule is COc1ccccc1[C@@H]1CN(C(=O)c2ccc(F)cc2)C[C@H]1C(=O)N1CCOCC1. The van der Waals surface area contributed by atoms with Crippen molar-refractivity contribution in [1.82, 2.24) is 9.80 Å². The van der Waals surface area contributed by atoms with Crippen LogP contribution in [0.1, 0.15) is 21.8 Å². The van der Waals surface area contributed by atoms with Crippen LogP contribution in [0.15, 0.2) is 48.5 Å². The van der Waals surface area contributed by atoms with Gasteiger partial charge in [0.1, 0.15) is 11.6 Å². The van der Waals surface area contributed by atoms with E-state index in [9.17, 15) is 14.0 Å². The second kappa shape index (κ2) is 8.83. The molecule has 0 spiro atoms. The molecule has 2 heterocycles. The number of amides is 2. The Labute approximate surface area is 175 Å². The van der Waals surface area contributed by atoms with E-state index in [1.807, 2.05) is 29.2 Å². The summed E-state index contributed by atoms with van der Waals surface area (Å²) in [6.07, 6.45) is 0. The lowest BCUT2D eigenvalue weighted by atomic mass is 9.87. The van der Waals surface area contributed by atoms with Crippen LogP contribution in [-0.2, 0) is 9.53 Å². The van der Waals surface area contributed by atoms with Crippen molar-refractivity contribution in [3.8, 4) is 5.75 Å². The minimum Gasteiger partial charge on any atom is -0.496 e. The second-order valence-electron chi connectivity index (χ2n) is 7.61. The third-order valence-corrected chi connectivity index (χ3v) is 5.88. The number of carbonyl (C=O) groups excluding carboxylic acids is 2. The van der Waals surface area contributed by atoms with Crippen LogP contribution in [0.25, 0.3) is 0 Å². The molecule has 2 aromatic rings. The van der Waals surface area contributed by atoms with Crippen molar-refractivity contribution in [3.05, 3.63) is 65.5 Å². The van der Waals surface area contributed by atoms with E-state index in [1.165, 1.54) is 24.3 Å². The first-order valence-electron chi connectivity index (χ1n) is 10.1. The van der Waals surface area contributed by atoms with Crippen molar-refractivity contribution in [2.24, 2.45) is 5.92 Å². The lowest BCUT2D eigenvalue weighted by Crippen LogP contribution is -2.45. The summed E-state index contributed by atoms with van der Waals surface area (Å²) in [4.78, 5) is 29.9. The summed E-state index contributed by atoms with van der Waals surface area (Å²) in [7, 11) is 1.61. The van der Waals surface area contributed by atoms with Gasteiger partial charge in [-0.3, -0.25) is 9.59 Å². The fraction of sp³-hybridized carbons (Fsp3) is 0.391. The van der Waals surface area contributed by atoms with E-state index < -0.39 is 0 Å². The Hall–Kier alpha value is -2.93. The molecule has 2 amide bonds. The maximum Gasteiger partial charge on any atom is 0.253 e. The molecule has 2 aliphatic rings. The molecule has 2 saturated heterocycles. The van der Waals surface area contributed by atoms with Gasteiger partial charge in [-0.2, -0.15) is 0 Å². The zero-order chi connectivity index (χ0) is 21.1. The molecule has 2 aliphatic heterocycles. The third-order valence-electron chi connectivity index (χ3n) is 5.88. The van der Waals surface area contributed by atoms with Gasteiger partial charge < -0.3 is 19.3 Å². The quantitative estimate of drug-likeness (QED) is 0.775. The van der Waals surface area contributed by atoms with Gasteiger partial charge in [0.05, 0.1) is 26.2 Å². The van der Waals surface area contributed by atoms with Crippen LogP contribution >= 0.6 is 0 Å². The Morgan fingerprint density at radius 2 is 1.70 bits per heavy atom. The molecular weight excluding hydrogens is 387 g/mol. The number of hydrogen-bond donors (Lipinski definition) is 0. The van der Waals surface area contributed by atoms with Gasteiger partial charge >= 0.3 is 0 Å². The van der Waals surface area contributed by atoms with E-state index in [1.54, 1.807) is 12.0 Å². The van der Waals surface area contributed by atoms with E-state index in [4.69, 9.17) is 9.47 Å². The van der Waals surface area contributed by atoms with Crippen LogP contribution in [-0.4, -0.2) is 68.1 Å². The van der Waals surface area contributed by atoms with Crippen molar-refractivity contribution in [1.29, 1.82) is 0 Å². The number of nitrogens with zero attached hydrogens (tertiary/aromatic N) is 2. The van der Waals surface area contributed by atoms with Crippen molar-refractivity contribution in [2.75, 3.05) is 46.5 Å². The standard InChI is InChI=1S/C23H25FN2O4/c1-29-21-5-3-2-4-18(21)19-14-26(22(27)16-6-8-17(24)9-7-16)15-20(19)23(28)25-10-12-30-13-11-25/h2-9,19-20H,10-15H2,1H3/t19-,20+/m0/s1. The summed E-state index contributed by atoms with van der Waals surface area (Å²) >= 11 is 0. The Bertz CT molecular complexity index is 912. The molecule has 0 bridgehead atoms. The lowest BCUT2D eigenvalue weighted by molar-refractivity contribution is -0.139. The van der Waals surface area contributed by atoms with E-state index >= 15 is 0 Å². The zero-order valence-corrected chi connectivity index (χ0v) is 16.9. The predicted molar refractivity (Wildman–Crippen MR) is 109 cm³/mol. The van der Waals surface area contributed by atoms with E-state index in [0.29, 0.717) is 50.7 Å². The fourth-order valence-electron chi connectivity index (χ4n) is 4.30. The van der Waals surface area contributed by atoms with Gasteiger partial charge in [-0.25, -0.2) is 4.39 Å². The molecule has 0 radical (unpaired) electrons. The van der Waals surface area contributed by atoms with E-state index in [0.717, 1.165) is 5.56 Å². The zero-order valence-electron chi connectivity index (χ0n) is 16.9. The van der Waals surface area contributed by atoms with Gasteiger partial charge in [0.25, 0.3) is 5.91 Å². The van der Waals surface area contributed by atoms with Gasteiger partial charge in [-0.1, -0.05) is 18.2 Å². The normalized spacial score (nSPS) is 21.5. The van der Waals surface area contributed by atoms with E-state index in [2.05, 4.69) is 0 Å².